The Morgan fingerprint density at radius 2 is 1.82 bits per heavy atom. The molecule has 0 aliphatic heterocycles. The molecule has 2 unspecified atom stereocenters. The Hall–Kier alpha value is -0.740. The van der Waals surface area contributed by atoms with E-state index in [9.17, 15) is 19.0 Å². The van der Waals surface area contributed by atoms with Gasteiger partial charge in [0.2, 0.25) is 5.92 Å². The van der Waals surface area contributed by atoms with Crippen LogP contribution in [0.15, 0.2) is 23.8 Å². The van der Waals surface area contributed by atoms with Gasteiger partial charge in [-0.3, -0.25) is 0 Å². The molecule has 2 N–H and O–H groups in total. The van der Waals surface area contributed by atoms with E-state index in [2.05, 4.69) is 0 Å². The van der Waals surface area contributed by atoms with Gasteiger partial charge in [-0.1, -0.05) is 25.2 Å². The third kappa shape index (κ3) is 2.58. The maximum absolute atomic E-state index is 13.1. The largest absolute Gasteiger partial charge is 0.388 e. The molecule has 0 amide bonds. The van der Waals surface area contributed by atoms with Gasteiger partial charge in [-0.25, -0.2) is 8.78 Å². The van der Waals surface area contributed by atoms with Gasteiger partial charge in [-0.2, -0.15) is 0 Å². The standard InChI is InChI=1S/C13H18F2O2/c1-9-8-10(2-3-11(9)16)12(17)4-6-13(14,15)7-5-12/h2-3,8-9,11,16-17H,4-7H2,1H3. The lowest BCUT2D eigenvalue weighted by atomic mass is 9.75. The predicted molar refractivity (Wildman–Crippen MR) is 60.8 cm³/mol. The Morgan fingerprint density at radius 1 is 1.24 bits per heavy atom. The minimum atomic E-state index is -2.64. The summed E-state index contributed by atoms with van der Waals surface area (Å²) in [5, 5.41) is 19.9. The van der Waals surface area contributed by atoms with E-state index in [0.717, 1.165) is 0 Å². The first-order valence-electron chi connectivity index (χ1n) is 6.01. The molecule has 0 saturated heterocycles. The molecule has 2 rings (SSSR count). The molecule has 2 aliphatic rings. The molecule has 17 heavy (non-hydrogen) atoms. The first kappa shape index (κ1) is 12.7. The molecule has 0 heterocycles. The van der Waals surface area contributed by atoms with Crippen LogP contribution in [0, 0.1) is 5.92 Å². The quantitative estimate of drug-likeness (QED) is 0.743. The summed E-state index contributed by atoms with van der Waals surface area (Å²) >= 11 is 0. The van der Waals surface area contributed by atoms with E-state index in [1.165, 1.54) is 0 Å². The second kappa shape index (κ2) is 4.18. The number of hydrogen-bond acceptors (Lipinski definition) is 2. The topological polar surface area (TPSA) is 40.5 Å². The predicted octanol–water partition coefficient (Wildman–Crippen LogP) is 2.42. The molecule has 1 fully saturated rings. The zero-order chi connectivity index (χ0) is 12.7. The Kier molecular flexibility index (Phi) is 3.12. The Labute approximate surface area is 99.6 Å². The van der Waals surface area contributed by atoms with Crippen molar-refractivity contribution in [2.24, 2.45) is 5.92 Å². The van der Waals surface area contributed by atoms with Gasteiger partial charge in [0.25, 0.3) is 0 Å². The van der Waals surface area contributed by atoms with Crippen molar-refractivity contribution in [2.75, 3.05) is 0 Å². The average molecular weight is 244 g/mol. The highest BCUT2D eigenvalue weighted by molar-refractivity contribution is 5.34. The van der Waals surface area contributed by atoms with Crippen molar-refractivity contribution in [3.63, 3.8) is 0 Å². The summed E-state index contributed by atoms with van der Waals surface area (Å²) in [5.74, 6) is -2.72. The normalized spacial score (nSPS) is 35.5. The lowest BCUT2D eigenvalue weighted by Gasteiger charge is -2.38. The van der Waals surface area contributed by atoms with Gasteiger partial charge in [0.1, 0.15) is 0 Å². The summed E-state index contributed by atoms with van der Waals surface area (Å²) in [5.41, 5.74) is -0.474. The van der Waals surface area contributed by atoms with Gasteiger partial charge in [0.15, 0.2) is 0 Å². The van der Waals surface area contributed by atoms with Crippen LogP contribution in [0.5, 0.6) is 0 Å². The average Bonchev–Trinajstić information content (AvgIpc) is 2.27. The molecule has 0 aromatic rings. The van der Waals surface area contributed by atoms with Crippen LogP contribution in [0.3, 0.4) is 0 Å². The summed E-state index contributed by atoms with van der Waals surface area (Å²) in [6.45, 7) is 1.84. The SMILES string of the molecule is CC1C=C(C2(O)CCC(F)(F)CC2)C=CC1O. The molecule has 1 saturated carbocycles. The second-order valence-electron chi connectivity index (χ2n) is 5.22. The number of aliphatic hydroxyl groups is 2. The lowest BCUT2D eigenvalue weighted by molar-refractivity contribution is -0.0885. The molecule has 4 heteroatoms. The first-order chi connectivity index (χ1) is 7.82. The van der Waals surface area contributed by atoms with Crippen molar-refractivity contribution in [1.82, 2.24) is 0 Å². The molecule has 2 aliphatic carbocycles. The molecule has 96 valence electrons. The maximum atomic E-state index is 13.1. The third-order valence-electron chi connectivity index (χ3n) is 3.80. The van der Waals surface area contributed by atoms with Crippen LogP contribution in [0.1, 0.15) is 32.6 Å². The highest BCUT2D eigenvalue weighted by Gasteiger charge is 2.44. The van der Waals surface area contributed by atoms with E-state index in [-0.39, 0.29) is 31.6 Å². The van der Waals surface area contributed by atoms with Crippen LogP contribution in [0.4, 0.5) is 8.78 Å². The van der Waals surface area contributed by atoms with Crippen molar-refractivity contribution in [3.05, 3.63) is 23.8 Å². The molecule has 0 bridgehead atoms. The van der Waals surface area contributed by atoms with E-state index >= 15 is 0 Å². The molecule has 0 aromatic carbocycles. The Balaban J connectivity index is 2.13. The highest BCUT2D eigenvalue weighted by atomic mass is 19.3. The van der Waals surface area contributed by atoms with Crippen molar-refractivity contribution in [2.45, 2.75) is 50.2 Å². The summed E-state index contributed by atoms with van der Waals surface area (Å²) in [4.78, 5) is 0. The number of hydrogen-bond donors (Lipinski definition) is 2. The van der Waals surface area contributed by atoms with Gasteiger partial charge in [0.05, 0.1) is 11.7 Å². The van der Waals surface area contributed by atoms with E-state index < -0.39 is 17.6 Å². The fourth-order valence-corrected chi connectivity index (χ4v) is 2.44. The van der Waals surface area contributed by atoms with Crippen molar-refractivity contribution >= 4 is 0 Å². The molecular weight excluding hydrogens is 226 g/mol. The van der Waals surface area contributed by atoms with E-state index in [1.54, 1.807) is 18.2 Å². The summed E-state index contributed by atoms with van der Waals surface area (Å²) in [6, 6.07) is 0. The van der Waals surface area contributed by atoms with Gasteiger partial charge in [-0.05, 0) is 18.4 Å². The fourth-order valence-electron chi connectivity index (χ4n) is 2.44. The Bertz CT molecular complexity index is 350. The minimum absolute atomic E-state index is 0.0820. The van der Waals surface area contributed by atoms with Gasteiger partial charge >= 0.3 is 0 Å². The van der Waals surface area contributed by atoms with Crippen LogP contribution in [0.2, 0.25) is 0 Å². The lowest BCUT2D eigenvalue weighted by Crippen LogP contribution is -2.40. The van der Waals surface area contributed by atoms with Crippen molar-refractivity contribution < 1.29 is 19.0 Å². The van der Waals surface area contributed by atoms with E-state index in [4.69, 9.17) is 0 Å². The number of rotatable bonds is 1. The fraction of sp³-hybridized carbons (Fsp3) is 0.692. The minimum Gasteiger partial charge on any atom is -0.388 e. The Morgan fingerprint density at radius 3 is 2.35 bits per heavy atom. The molecular formula is C13H18F2O2. The molecule has 0 spiro atoms. The molecule has 2 atom stereocenters. The summed E-state index contributed by atoms with van der Waals surface area (Å²) in [7, 11) is 0. The molecule has 0 aromatic heterocycles. The van der Waals surface area contributed by atoms with Crippen LogP contribution in [-0.2, 0) is 0 Å². The highest BCUT2D eigenvalue weighted by Crippen LogP contribution is 2.43. The number of alkyl halides is 2. The zero-order valence-electron chi connectivity index (χ0n) is 9.87. The third-order valence-corrected chi connectivity index (χ3v) is 3.80. The van der Waals surface area contributed by atoms with E-state index in [0.29, 0.717) is 5.57 Å². The van der Waals surface area contributed by atoms with Crippen LogP contribution in [-0.4, -0.2) is 27.8 Å². The van der Waals surface area contributed by atoms with Crippen LogP contribution in [0.25, 0.3) is 0 Å². The van der Waals surface area contributed by atoms with Gasteiger partial charge in [0, 0.05) is 18.8 Å². The van der Waals surface area contributed by atoms with Gasteiger partial charge < -0.3 is 10.2 Å². The van der Waals surface area contributed by atoms with Crippen LogP contribution < -0.4 is 0 Å². The summed E-state index contributed by atoms with van der Waals surface area (Å²) in [6.07, 6.45) is 4.13. The summed E-state index contributed by atoms with van der Waals surface area (Å²) < 4.78 is 26.1. The smallest absolute Gasteiger partial charge is 0.248 e. The monoisotopic (exact) mass is 244 g/mol. The first-order valence-corrected chi connectivity index (χ1v) is 6.01. The maximum Gasteiger partial charge on any atom is 0.248 e. The number of aliphatic hydroxyl groups excluding tert-OH is 1. The van der Waals surface area contributed by atoms with Crippen LogP contribution >= 0.6 is 0 Å². The second-order valence-corrected chi connectivity index (χ2v) is 5.22. The van der Waals surface area contributed by atoms with E-state index in [1.807, 2.05) is 6.92 Å². The van der Waals surface area contributed by atoms with Gasteiger partial charge in [-0.15, -0.1) is 0 Å². The molecule has 0 radical (unpaired) electrons. The van der Waals surface area contributed by atoms with Crippen molar-refractivity contribution in [3.8, 4) is 0 Å². The molecule has 2 nitrogen and oxygen atoms in total. The number of halogens is 2. The van der Waals surface area contributed by atoms with Crippen molar-refractivity contribution in [1.29, 1.82) is 0 Å². The zero-order valence-corrected chi connectivity index (χ0v) is 9.87.